The van der Waals surface area contributed by atoms with Gasteiger partial charge in [-0.25, -0.2) is 22.8 Å². The molecule has 0 unspecified atom stereocenters. The van der Waals surface area contributed by atoms with Crippen LogP contribution in [-0.4, -0.2) is 48.9 Å². The van der Waals surface area contributed by atoms with Gasteiger partial charge < -0.3 is 4.90 Å². The number of piperazine rings is 1. The number of rotatable bonds is 4. The van der Waals surface area contributed by atoms with Crippen LogP contribution in [0.3, 0.4) is 0 Å². The van der Waals surface area contributed by atoms with Gasteiger partial charge in [0.05, 0.1) is 5.75 Å². The maximum Gasteiger partial charge on any atom is 0.218 e. The van der Waals surface area contributed by atoms with Crippen LogP contribution in [0.25, 0.3) is 10.9 Å². The minimum Gasteiger partial charge on any atom is -0.353 e. The Labute approximate surface area is 157 Å². The van der Waals surface area contributed by atoms with Gasteiger partial charge in [0.25, 0.3) is 0 Å². The Morgan fingerprint density at radius 1 is 0.926 bits per heavy atom. The number of fused-ring (bicyclic) bond motifs is 1. The molecular weight excluding hydrogens is 367 g/mol. The highest BCUT2D eigenvalue weighted by molar-refractivity contribution is 7.88. The summed E-state index contributed by atoms with van der Waals surface area (Å²) >= 11 is 0. The number of sulfonamides is 1. The van der Waals surface area contributed by atoms with Crippen LogP contribution in [0, 0.1) is 5.82 Å². The average molecular weight is 386 g/mol. The lowest BCUT2D eigenvalue weighted by Gasteiger charge is -2.35. The van der Waals surface area contributed by atoms with Gasteiger partial charge in [-0.05, 0) is 17.7 Å². The van der Waals surface area contributed by atoms with E-state index in [2.05, 4.69) is 9.97 Å². The minimum absolute atomic E-state index is 0.00448. The molecule has 0 aliphatic carbocycles. The lowest BCUT2D eigenvalue weighted by atomic mass is 10.2. The van der Waals surface area contributed by atoms with Gasteiger partial charge in [0.2, 0.25) is 10.0 Å². The van der Waals surface area contributed by atoms with E-state index in [1.165, 1.54) is 16.7 Å². The number of nitrogens with zero attached hydrogens (tertiary/aromatic N) is 4. The summed E-state index contributed by atoms with van der Waals surface area (Å²) in [6.45, 7) is 1.74. The van der Waals surface area contributed by atoms with Gasteiger partial charge in [-0.1, -0.05) is 36.4 Å². The minimum atomic E-state index is -3.38. The Balaban J connectivity index is 1.50. The lowest BCUT2D eigenvalue weighted by Crippen LogP contribution is -2.49. The first-order valence-electron chi connectivity index (χ1n) is 8.70. The van der Waals surface area contributed by atoms with Gasteiger partial charge in [0.1, 0.15) is 23.5 Å². The number of para-hydroxylation sites is 1. The molecule has 0 bridgehead atoms. The van der Waals surface area contributed by atoms with E-state index in [0.29, 0.717) is 37.4 Å². The van der Waals surface area contributed by atoms with Crippen molar-refractivity contribution in [2.24, 2.45) is 0 Å². The van der Waals surface area contributed by atoms with Crippen molar-refractivity contribution >= 4 is 26.7 Å². The Bertz CT molecular complexity index is 1050. The molecule has 1 fully saturated rings. The third kappa shape index (κ3) is 3.63. The van der Waals surface area contributed by atoms with E-state index in [4.69, 9.17) is 0 Å². The molecule has 0 saturated carbocycles. The zero-order valence-corrected chi connectivity index (χ0v) is 15.4. The molecule has 0 atom stereocenters. The average Bonchev–Trinajstić information content (AvgIpc) is 2.68. The summed E-state index contributed by atoms with van der Waals surface area (Å²) in [5, 5.41) is 0.637. The van der Waals surface area contributed by atoms with Crippen LogP contribution in [0.5, 0.6) is 0 Å². The Kier molecular flexibility index (Phi) is 4.75. The summed E-state index contributed by atoms with van der Waals surface area (Å²) in [4.78, 5) is 10.3. The first-order chi connectivity index (χ1) is 13.0. The normalized spacial score (nSPS) is 16.0. The van der Waals surface area contributed by atoms with Crippen LogP contribution in [0.15, 0.2) is 54.9 Å². The molecule has 6 nitrogen and oxygen atoms in total. The summed E-state index contributed by atoms with van der Waals surface area (Å²) in [7, 11) is -3.38. The first kappa shape index (κ1) is 17.8. The molecule has 1 saturated heterocycles. The van der Waals surface area contributed by atoms with Crippen LogP contribution >= 0.6 is 0 Å². The van der Waals surface area contributed by atoms with E-state index >= 15 is 0 Å². The van der Waals surface area contributed by atoms with Crippen molar-refractivity contribution < 1.29 is 12.8 Å². The quantitative estimate of drug-likeness (QED) is 0.689. The van der Waals surface area contributed by atoms with Gasteiger partial charge in [0, 0.05) is 31.6 Å². The molecule has 0 spiro atoms. The molecule has 8 heteroatoms. The Hall–Kier alpha value is -2.58. The zero-order valence-electron chi connectivity index (χ0n) is 14.6. The van der Waals surface area contributed by atoms with Crippen LogP contribution in [-0.2, 0) is 15.8 Å². The number of hydrogen-bond acceptors (Lipinski definition) is 5. The maximum absolute atomic E-state index is 14.0. The van der Waals surface area contributed by atoms with Gasteiger partial charge >= 0.3 is 0 Å². The predicted octanol–water partition coefficient (Wildman–Crippen LogP) is 2.42. The van der Waals surface area contributed by atoms with E-state index in [0.717, 1.165) is 5.56 Å². The summed E-state index contributed by atoms with van der Waals surface area (Å²) < 4.78 is 40.9. The van der Waals surface area contributed by atoms with Crippen molar-refractivity contribution in [3.8, 4) is 0 Å². The number of aromatic nitrogens is 2. The van der Waals surface area contributed by atoms with E-state index < -0.39 is 10.0 Å². The fraction of sp³-hybridized carbons (Fsp3) is 0.263. The van der Waals surface area contributed by atoms with Crippen molar-refractivity contribution in [2.45, 2.75) is 5.75 Å². The predicted molar refractivity (Wildman–Crippen MR) is 102 cm³/mol. The molecule has 140 valence electrons. The van der Waals surface area contributed by atoms with Crippen LogP contribution < -0.4 is 4.90 Å². The fourth-order valence-electron chi connectivity index (χ4n) is 3.34. The van der Waals surface area contributed by atoms with Crippen molar-refractivity contribution in [3.05, 3.63) is 66.2 Å². The second-order valence-electron chi connectivity index (χ2n) is 6.46. The second-order valence-corrected chi connectivity index (χ2v) is 8.43. The summed E-state index contributed by atoms with van der Waals surface area (Å²) in [5.41, 5.74) is 1.05. The fourth-order valence-corrected chi connectivity index (χ4v) is 4.86. The lowest BCUT2D eigenvalue weighted by molar-refractivity contribution is 0.383. The van der Waals surface area contributed by atoms with Gasteiger partial charge in [-0.2, -0.15) is 4.31 Å². The van der Waals surface area contributed by atoms with Gasteiger partial charge in [-0.15, -0.1) is 0 Å². The van der Waals surface area contributed by atoms with Gasteiger partial charge in [0.15, 0.2) is 0 Å². The molecule has 0 N–H and O–H groups in total. The third-order valence-corrected chi connectivity index (χ3v) is 6.57. The molecule has 0 amide bonds. The molecular formula is C19H19FN4O2S. The molecule has 1 aromatic heterocycles. The van der Waals surface area contributed by atoms with E-state index in [9.17, 15) is 12.8 Å². The summed E-state index contributed by atoms with van der Waals surface area (Å²) in [5.74, 6) is 0.245. The van der Waals surface area contributed by atoms with Crippen molar-refractivity contribution in [1.29, 1.82) is 0 Å². The summed E-state index contributed by atoms with van der Waals surface area (Å²) in [6, 6.07) is 13.9. The third-order valence-electron chi connectivity index (χ3n) is 4.72. The van der Waals surface area contributed by atoms with Crippen molar-refractivity contribution in [3.63, 3.8) is 0 Å². The molecule has 0 radical (unpaired) electrons. The topological polar surface area (TPSA) is 66.4 Å². The Morgan fingerprint density at radius 3 is 2.41 bits per heavy atom. The van der Waals surface area contributed by atoms with Crippen LogP contribution in [0.2, 0.25) is 0 Å². The van der Waals surface area contributed by atoms with Crippen LogP contribution in [0.4, 0.5) is 10.2 Å². The van der Waals surface area contributed by atoms with E-state index in [1.54, 1.807) is 12.1 Å². The number of halogens is 1. The van der Waals surface area contributed by atoms with Crippen molar-refractivity contribution in [2.75, 3.05) is 31.1 Å². The zero-order chi connectivity index (χ0) is 18.9. The molecule has 1 aliphatic rings. The maximum atomic E-state index is 14.0. The molecule has 1 aliphatic heterocycles. The van der Waals surface area contributed by atoms with Gasteiger partial charge in [-0.3, -0.25) is 0 Å². The highest BCUT2D eigenvalue weighted by Gasteiger charge is 2.28. The molecule has 27 heavy (non-hydrogen) atoms. The number of hydrogen-bond donors (Lipinski definition) is 0. The van der Waals surface area contributed by atoms with E-state index in [1.807, 2.05) is 35.2 Å². The molecule has 2 aromatic carbocycles. The smallest absolute Gasteiger partial charge is 0.218 e. The SMILES string of the molecule is O=S(=O)(Cc1ccccc1)N1CCN(c2ncnc3c(F)cccc23)CC1. The molecule has 2 heterocycles. The standard InChI is InChI=1S/C19H19FN4O2S/c20-17-8-4-7-16-18(17)21-14-22-19(16)23-9-11-24(12-10-23)27(25,26)13-15-5-2-1-3-6-15/h1-8,14H,9-13H2. The van der Waals surface area contributed by atoms with Crippen LogP contribution in [0.1, 0.15) is 5.56 Å². The second kappa shape index (κ2) is 7.21. The molecule has 4 rings (SSSR count). The summed E-state index contributed by atoms with van der Waals surface area (Å²) in [6.07, 6.45) is 1.35. The largest absolute Gasteiger partial charge is 0.353 e. The monoisotopic (exact) mass is 386 g/mol. The van der Waals surface area contributed by atoms with E-state index in [-0.39, 0.29) is 17.1 Å². The first-order valence-corrected chi connectivity index (χ1v) is 10.3. The Morgan fingerprint density at radius 2 is 1.67 bits per heavy atom. The highest BCUT2D eigenvalue weighted by Crippen LogP contribution is 2.26. The van der Waals surface area contributed by atoms with Crippen molar-refractivity contribution in [1.82, 2.24) is 14.3 Å². The number of anilines is 1. The number of benzene rings is 2. The highest BCUT2D eigenvalue weighted by atomic mass is 32.2. The molecule has 3 aromatic rings.